The standard InChI is InChI=1S/C13H24N2O6/c1-19-6-4-5-9(12(16)17)14-13(18)15-7-10(20-2)11(8-15)21-3/h9-11H,4-8H2,1-3H3,(H,14,18)(H,16,17). The predicted molar refractivity (Wildman–Crippen MR) is 74.2 cm³/mol. The van der Waals surface area contributed by atoms with Crippen LogP contribution in [-0.2, 0) is 19.0 Å². The molecular weight excluding hydrogens is 280 g/mol. The normalized spacial score (nSPS) is 23.1. The van der Waals surface area contributed by atoms with E-state index in [1.807, 2.05) is 0 Å². The van der Waals surface area contributed by atoms with Crippen molar-refractivity contribution in [1.82, 2.24) is 10.2 Å². The van der Waals surface area contributed by atoms with E-state index in [9.17, 15) is 9.59 Å². The maximum absolute atomic E-state index is 12.1. The second kappa shape index (κ2) is 8.81. The molecule has 0 saturated carbocycles. The highest BCUT2D eigenvalue weighted by atomic mass is 16.5. The number of aliphatic carboxylic acids is 1. The Kier molecular flexibility index (Phi) is 7.41. The minimum absolute atomic E-state index is 0.197. The summed E-state index contributed by atoms with van der Waals surface area (Å²) in [6, 6.07) is -1.34. The minimum Gasteiger partial charge on any atom is -0.480 e. The van der Waals surface area contributed by atoms with Crippen LogP contribution in [0.15, 0.2) is 0 Å². The van der Waals surface area contributed by atoms with Gasteiger partial charge in [0.05, 0.1) is 13.1 Å². The quantitative estimate of drug-likeness (QED) is 0.609. The lowest BCUT2D eigenvalue weighted by Crippen LogP contribution is -2.47. The van der Waals surface area contributed by atoms with Crippen LogP contribution in [0, 0.1) is 0 Å². The lowest BCUT2D eigenvalue weighted by molar-refractivity contribution is -0.139. The first-order valence-electron chi connectivity index (χ1n) is 6.86. The van der Waals surface area contributed by atoms with Crippen LogP contribution in [0.2, 0.25) is 0 Å². The Morgan fingerprint density at radius 1 is 1.24 bits per heavy atom. The summed E-state index contributed by atoms with van der Waals surface area (Å²) in [7, 11) is 4.67. The van der Waals surface area contributed by atoms with Crippen LogP contribution in [-0.4, -0.2) is 81.3 Å². The van der Waals surface area contributed by atoms with Crippen LogP contribution in [0.25, 0.3) is 0 Å². The molecule has 1 rings (SSSR count). The summed E-state index contributed by atoms with van der Waals surface area (Å²) >= 11 is 0. The molecule has 1 aliphatic rings. The van der Waals surface area contributed by atoms with Gasteiger partial charge in [0, 0.05) is 27.9 Å². The number of hydrogen-bond acceptors (Lipinski definition) is 5. The lowest BCUT2D eigenvalue weighted by atomic mass is 10.1. The number of carbonyl (C=O) groups is 2. The van der Waals surface area contributed by atoms with E-state index in [0.29, 0.717) is 32.5 Å². The van der Waals surface area contributed by atoms with E-state index in [1.54, 1.807) is 21.3 Å². The smallest absolute Gasteiger partial charge is 0.326 e. The fraction of sp³-hybridized carbons (Fsp3) is 0.846. The highest BCUT2D eigenvalue weighted by Gasteiger charge is 2.36. The molecule has 1 saturated heterocycles. The monoisotopic (exact) mass is 304 g/mol. The Bertz CT molecular complexity index is 340. The molecule has 8 heteroatoms. The Balaban J connectivity index is 2.52. The van der Waals surface area contributed by atoms with Crippen LogP contribution in [0.3, 0.4) is 0 Å². The Labute approximate surface area is 124 Å². The Morgan fingerprint density at radius 3 is 2.24 bits per heavy atom. The van der Waals surface area contributed by atoms with Crippen LogP contribution in [0.4, 0.5) is 4.79 Å². The molecule has 1 fully saturated rings. The van der Waals surface area contributed by atoms with E-state index < -0.39 is 18.0 Å². The van der Waals surface area contributed by atoms with E-state index in [2.05, 4.69) is 5.32 Å². The zero-order valence-corrected chi connectivity index (χ0v) is 12.7. The number of hydrogen-bond donors (Lipinski definition) is 2. The summed E-state index contributed by atoms with van der Waals surface area (Å²) in [5.74, 6) is -1.05. The third-order valence-electron chi connectivity index (χ3n) is 3.55. The second-order valence-electron chi connectivity index (χ2n) is 4.93. The first-order chi connectivity index (χ1) is 10.0. The number of nitrogens with zero attached hydrogens (tertiary/aromatic N) is 1. The fourth-order valence-corrected chi connectivity index (χ4v) is 2.29. The Morgan fingerprint density at radius 2 is 1.81 bits per heavy atom. The van der Waals surface area contributed by atoms with Crippen LogP contribution >= 0.6 is 0 Å². The topological polar surface area (TPSA) is 97.3 Å². The molecule has 3 unspecified atom stereocenters. The number of likely N-dealkylation sites (tertiary alicyclic amines) is 1. The molecule has 1 heterocycles. The van der Waals surface area contributed by atoms with E-state index in [0.717, 1.165) is 0 Å². The van der Waals surface area contributed by atoms with Gasteiger partial charge in [-0.05, 0) is 12.8 Å². The van der Waals surface area contributed by atoms with Gasteiger partial charge >= 0.3 is 12.0 Å². The van der Waals surface area contributed by atoms with E-state index in [-0.39, 0.29) is 12.2 Å². The molecule has 3 atom stereocenters. The van der Waals surface area contributed by atoms with Crippen LogP contribution in [0.5, 0.6) is 0 Å². The molecule has 0 aromatic carbocycles. The van der Waals surface area contributed by atoms with E-state index in [4.69, 9.17) is 19.3 Å². The minimum atomic E-state index is -1.05. The summed E-state index contributed by atoms with van der Waals surface area (Å²) in [6.07, 6.45) is 0.495. The van der Waals surface area contributed by atoms with Crippen molar-refractivity contribution >= 4 is 12.0 Å². The van der Waals surface area contributed by atoms with Crippen LogP contribution in [0.1, 0.15) is 12.8 Å². The average molecular weight is 304 g/mol. The van der Waals surface area contributed by atoms with Gasteiger partial charge in [-0.1, -0.05) is 0 Å². The maximum Gasteiger partial charge on any atom is 0.326 e. The number of carbonyl (C=O) groups excluding carboxylic acids is 1. The van der Waals surface area contributed by atoms with Crippen molar-refractivity contribution in [2.75, 3.05) is 41.0 Å². The third-order valence-corrected chi connectivity index (χ3v) is 3.55. The zero-order chi connectivity index (χ0) is 15.8. The number of carboxylic acid groups (broad SMARTS) is 1. The fourth-order valence-electron chi connectivity index (χ4n) is 2.29. The molecule has 0 aromatic heterocycles. The predicted octanol–water partition coefficient (Wildman–Crippen LogP) is -0.0786. The zero-order valence-electron chi connectivity index (χ0n) is 12.7. The summed E-state index contributed by atoms with van der Waals surface area (Å²) in [4.78, 5) is 24.8. The van der Waals surface area contributed by atoms with Gasteiger partial charge in [0.15, 0.2) is 0 Å². The number of ether oxygens (including phenoxy) is 3. The van der Waals surface area contributed by atoms with E-state index in [1.165, 1.54) is 4.90 Å². The number of carboxylic acids is 1. The average Bonchev–Trinajstić information content (AvgIpc) is 2.89. The highest BCUT2D eigenvalue weighted by molar-refractivity contribution is 5.82. The molecule has 0 aromatic rings. The van der Waals surface area contributed by atoms with E-state index >= 15 is 0 Å². The summed E-state index contributed by atoms with van der Waals surface area (Å²) < 4.78 is 15.4. The third kappa shape index (κ3) is 5.14. The molecule has 8 nitrogen and oxygen atoms in total. The molecule has 2 amide bonds. The first kappa shape index (κ1) is 17.7. The summed E-state index contributed by atoms with van der Waals surface area (Å²) in [5, 5.41) is 11.7. The lowest BCUT2D eigenvalue weighted by Gasteiger charge is -2.20. The molecule has 21 heavy (non-hydrogen) atoms. The van der Waals surface area contributed by atoms with Crippen LogP contribution < -0.4 is 5.32 Å². The largest absolute Gasteiger partial charge is 0.480 e. The molecule has 0 aliphatic carbocycles. The molecule has 0 bridgehead atoms. The van der Waals surface area contributed by atoms with Crippen molar-refractivity contribution in [3.63, 3.8) is 0 Å². The number of urea groups is 1. The van der Waals surface area contributed by atoms with Crippen molar-refractivity contribution in [2.45, 2.75) is 31.1 Å². The molecule has 0 spiro atoms. The van der Waals surface area contributed by atoms with Crippen molar-refractivity contribution < 1.29 is 28.9 Å². The maximum atomic E-state index is 12.1. The van der Waals surface area contributed by atoms with Crippen molar-refractivity contribution in [3.8, 4) is 0 Å². The summed E-state index contributed by atoms with van der Waals surface area (Å²) in [6.45, 7) is 1.22. The first-order valence-corrected chi connectivity index (χ1v) is 6.86. The van der Waals surface area contributed by atoms with Gasteiger partial charge in [-0.3, -0.25) is 0 Å². The molecule has 122 valence electrons. The summed E-state index contributed by atoms with van der Waals surface area (Å²) in [5.41, 5.74) is 0. The van der Waals surface area contributed by atoms with Gasteiger partial charge in [0.2, 0.25) is 0 Å². The van der Waals surface area contributed by atoms with Gasteiger partial charge in [0.1, 0.15) is 18.2 Å². The van der Waals surface area contributed by atoms with Gasteiger partial charge in [-0.25, -0.2) is 9.59 Å². The Hall–Kier alpha value is -1.38. The molecular formula is C13H24N2O6. The number of rotatable bonds is 8. The molecule has 0 radical (unpaired) electrons. The van der Waals surface area contributed by atoms with Gasteiger partial charge in [-0.15, -0.1) is 0 Å². The van der Waals surface area contributed by atoms with Crippen molar-refractivity contribution in [1.29, 1.82) is 0 Å². The second-order valence-corrected chi connectivity index (χ2v) is 4.93. The van der Waals surface area contributed by atoms with Gasteiger partial charge < -0.3 is 29.5 Å². The highest BCUT2D eigenvalue weighted by Crippen LogP contribution is 2.16. The number of nitrogens with one attached hydrogen (secondary N) is 1. The van der Waals surface area contributed by atoms with Crippen molar-refractivity contribution in [2.24, 2.45) is 0 Å². The van der Waals surface area contributed by atoms with Crippen molar-refractivity contribution in [3.05, 3.63) is 0 Å². The molecule has 2 N–H and O–H groups in total. The number of methoxy groups -OCH3 is 3. The SMILES string of the molecule is COCCCC(NC(=O)N1CC(OC)C(OC)C1)C(=O)O. The molecule has 1 aliphatic heterocycles. The number of amides is 2. The van der Waals surface area contributed by atoms with Gasteiger partial charge in [0.25, 0.3) is 0 Å². The van der Waals surface area contributed by atoms with Gasteiger partial charge in [-0.2, -0.15) is 0 Å².